The molecule has 5 rings (SSSR count). The van der Waals surface area contributed by atoms with E-state index in [2.05, 4.69) is 5.32 Å². The molecule has 0 bridgehead atoms. The summed E-state index contributed by atoms with van der Waals surface area (Å²) in [6, 6.07) is 19.5. The third-order valence-electron chi connectivity index (χ3n) is 6.27. The van der Waals surface area contributed by atoms with Crippen LogP contribution in [0.1, 0.15) is 43.8 Å². The van der Waals surface area contributed by atoms with Gasteiger partial charge in [-0.15, -0.1) is 0 Å². The molecule has 5 heteroatoms. The van der Waals surface area contributed by atoms with Gasteiger partial charge < -0.3 is 10.1 Å². The van der Waals surface area contributed by atoms with Gasteiger partial charge in [0.25, 0.3) is 0 Å². The molecule has 33 heavy (non-hydrogen) atoms. The van der Waals surface area contributed by atoms with E-state index in [9.17, 15) is 14.4 Å². The summed E-state index contributed by atoms with van der Waals surface area (Å²) in [5.74, 6) is -0.594. The fourth-order valence-electron chi connectivity index (χ4n) is 4.57. The van der Waals surface area contributed by atoms with Gasteiger partial charge in [0.1, 0.15) is 5.75 Å². The van der Waals surface area contributed by atoms with Crippen LogP contribution in [0.2, 0.25) is 0 Å². The highest BCUT2D eigenvalue weighted by molar-refractivity contribution is 6.31. The number of rotatable bonds is 4. The lowest BCUT2D eigenvalue weighted by Crippen LogP contribution is -2.39. The molecule has 1 N–H and O–H groups in total. The van der Waals surface area contributed by atoms with Crippen molar-refractivity contribution in [2.75, 3.05) is 12.4 Å². The third-order valence-corrected chi connectivity index (χ3v) is 6.27. The second-order valence-electron chi connectivity index (χ2n) is 8.05. The van der Waals surface area contributed by atoms with Crippen molar-refractivity contribution in [2.45, 2.75) is 11.8 Å². The summed E-state index contributed by atoms with van der Waals surface area (Å²) >= 11 is 0. The molecule has 0 saturated carbocycles. The Kier molecular flexibility index (Phi) is 5.02. The summed E-state index contributed by atoms with van der Waals surface area (Å²) in [6.07, 6.45) is 8.05. The fraction of sp³-hybridized carbons (Fsp3) is 0.107. The number of carbonyl (C=O) groups excluding carboxylic acids is 3. The molecule has 3 aromatic rings. The Hall–Kier alpha value is -4.25. The Bertz CT molecular complexity index is 1350. The molecule has 0 saturated heterocycles. The fourth-order valence-corrected chi connectivity index (χ4v) is 4.57. The quantitative estimate of drug-likeness (QED) is 0.497. The lowest BCUT2D eigenvalue weighted by atomic mass is 9.74. The van der Waals surface area contributed by atoms with Crippen LogP contribution in [0.4, 0.5) is 5.69 Å². The molecule has 1 unspecified atom stereocenters. The summed E-state index contributed by atoms with van der Waals surface area (Å²) in [6.45, 7) is 0. The molecule has 3 aromatic carbocycles. The van der Waals surface area contributed by atoms with Crippen molar-refractivity contribution in [3.8, 4) is 5.75 Å². The second kappa shape index (κ2) is 8.02. The maximum absolute atomic E-state index is 13.7. The van der Waals surface area contributed by atoms with E-state index in [1.54, 1.807) is 36.4 Å². The monoisotopic (exact) mass is 435 g/mol. The Morgan fingerprint density at radius 3 is 2.15 bits per heavy atom. The molecule has 0 heterocycles. The number of carbonyl (C=O) groups is 3. The summed E-state index contributed by atoms with van der Waals surface area (Å²) < 4.78 is 5.41. The van der Waals surface area contributed by atoms with E-state index in [-0.39, 0.29) is 28.6 Å². The number of amides is 1. The third kappa shape index (κ3) is 3.21. The van der Waals surface area contributed by atoms with Gasteiger partial charge >= 0.3 is 0 Å². The second-order valence-corrected chi connectivity index (χ2v) is 8.05. The first-order valence-corrected chi connectivity index (χ1v) is 10.7. The zero-order valence-electron chi connectivity index (χ0n) is 18.0. The highest BCUT2D eigenvalue weighted by Gasteiger charge is 2.40. The molecular formula is C28H21NO4. The molecule has 5 nitrogen and oxygen atoms in total. The summed E-state index contributed by atoms with van der Waals surface area (Å²) in [4.78, 5) is 40.5. The molecule has 2 aliphatic rings. The van der Waals surface area contributed by atoms with Crippen LogP contribution >= 0.6 is 0 Å². The minimum absolute atomic E-state index is 0.157. The average molecular weight is 435 g/mol. The predicted octanol–water partition coefficient (Wildman–Crippen LogP) is 4.86. The molecular weight excluding hydrogens is 414 g/mol. The van der Waals surface area contributed by atoms with Crippen molar-refractivity contribution in [1.82, 2.24) is 0 Å². The minimum atomic E-state index is -0.928. The zero-order valence-corrected chi connectivity index (χ0v) is 18.0. The van der Waals surface area contributed by atoms with Gasteiger partial charge in [0, 0.05) is 11.1 Å². The summed E-state index contributed by atoms with van der Waals surface area (Å²) in [5, 5.41) is 2.96. The van der Waals surface area contributed by atoms with Gasteiger partial charge in [-0.2, -0.15) is 0 Å². The molecule has 0 aromatic heterocycles. The average Bonchev–Trinajstić information content (AvgIpc) is 2.88. The van der Waals surface area contributed by atoms with Gasteiger partial charge in [-0.05, 0) is 24.1 Å². The van der Waals surface area contributed by atoms with Crippen molar-refractivity contribution >= 4 is 23.2 Å². The largest absolute Gasteiger partial charge is 0.496 e. The maximum Gasteiger partial charge on any atom is 0.239 e. The van der Waals surface area contributed by atoms with Crippen LogP contribution in [0.5, 0.6) is 5.75 Å². The Morgan fingerprint density at radius 1 is 0.848 bits per heavy atom. The number of hydrogen-bond acceptors (Lipinski definition) is 4. The van der Waals surface area contributed by atoms with Crippen LogP contribution < -0.4 is 10.1 Å². The van der Waals surface area contributed by atoms with Crippen LogP contribution in [0, 0.1) is 0 Å². The number of ether oxygens (including phenoxy) is 1. The molecule has 162 valence electrons. The van der Waals surface area contributed by atoms with E-state index in [0.717, 1.165) is 5.56 Å². The SMILES string of the molecule is COc1ccc(NC(=O)C2(c3ccccc3)C=CC=CC2)c2c1C(=O)c1ccccc1C2=O. The molecule has 0 spiro atoms. The van der Waals surface area contributed by atoms with Gasteiger partial charge in [0.05, 0.1) is 29.3 Å². The van der Waals surface area contributed by atoms with Crippen molar-refractivity contribution in [3.63, 3.8) is 0 Å². The van der Waals surface area contributed by atoms with Crippen LogP contribution in [0.15, 0.2) is 91.0 Å². The highest BCUT2D eigenvalue weighted by Crippen LogP contribution is 2.39. The Morgan fingerprint density at radius 2 is 1.52 bits per heavy atom. The molecule has 0 aliphatic heterocycles. The van der Waals surface area contributed by atoms with E-state index >= 15 is 0 Å². The normalized spacial score (nSPS) is 18.5. The number of methoxy groups -OCH3 is 1. The first-order chi connectivity index (χ1) is 16.1. The maximum atomic E-state index is 13.7. The molecule has 0 radical (unpaired) electrons. The van der Waals surface area contributed by atoms with E-state index in [1.807, 2.05) is 54.6 Å². The van der Waals surface area contributed by atoms with Crippen LogP contribution in [-0.2, 0) is 10.2 Å². The number of anilines is 1. The van der Waals surface area contributed by atoms with Gasteiger partial charge in [-0.25, -0.2) is 0 Å². The van der Waals surface area contributed by atoms with E-state index in [0.29, 0.717) is 29.0 Å². The summed E-state index contributed by atoms with van der Waals surface area (Å²) in [7, 11) is 1.45. The standard InChI is InChI=1S/C28H21NO4/c1-33-22-15-14-21(23-24(22)26(31)20-13-7-6-12-19(20)25(23)30)29-27(32)28(16-8-3-9-17-28)18-10-4-2-5-11-18/h2-16H,17H2,1H3,(H,29,32). The molecule has 2 aliphatic carbocycles. The Balaban J connectivity index is 1.62. The summed E-state index contributed by atoms with van der Waals surface area (Å²) in [5.41, 5.74) is 1.19. The van der Waals surface area contributed by atoms with Crippen LogP contribution in [-0.4, -0.2) is 24.6 Å². The van der Waals surface area contributed by atoms with Crippen LogP contribution in [0.3, 0.4) is 0 Å². The molecule has 1 atom stereocenters. The van der Waals surface area contributed by atoms with Gasteiger partial charge in [-0.1, -0.05) is 78.9 Å². The van der Waals surface area contributed by atoms with Crippen molar-refractivity contribution < 1.29 is 19.1 Å². The van der Waals surface area contributed by atoms with E-state index in [4.69, 9.17) is 4.74 Å². The zero-order chi connectivity index (χ0) is 23.0. The van der Waals surface area contributed by atoms with Crippen molar-refractivity contribution in [1.29, 1.82) is 0 Å². The van der Waals surface area contributed by atoms with Crippen molar-refractivity contribution in [3.05, 3.63) is 119 Å². The van der Waals surface area contributed by atoms with E-state index < -0.39 is 5.41 Å². The smallest absolute Gasteiger partial charge is 0.239 e. The minimum Gasteiger partial charge on any atom is -0.496 e. The van der Waals surface area contributed by atoms with Gasteiger partial charge in [0.15, 0.2) is 11.6 Å². The number of benzene rings is 3. The highest BCUT2D eigenvalue weighted by atomic mass is 16.5. The van der Waals surface area contributed by atoms with Crippen molar-refractivity contribution in [2.24, 2.45) is 0 Å². The first kappa shape index (κ1) is 20.6. The number of nitrogens with one attached hydrogen (secondary N) is 1. The predicted molar refractivity (Wildman–Crippen MR) is 126 cm³/mol. The first-order valence-electron chi connectivity index (χ1n) is 10.7. The topological polar surface area (TPSA) is 72.5 Å². The van der Waals surface area contributed by atoms with Gasteiger partial charge in [-0.3, -0.25) is 14.4 Å². The van der Waals surface area contributed by atoms with Gasteiger partial charge in [0.2, 0.25) is 5.91 Å². The number of ketones is 2. The number of allylic oxidation sites excluding steroid dienone is 3. The number of hydrogen-bond donors (Lipinski definition) is 1. The molecule has 0 fully saturated rings. The Labute approximate surface area is 191 Å². The number of fused-ring (bicyclic) bond motifs is 2. The van der Waals surface area contributed by atoms with Crippen LogP contribution in [0.25, 0.3) is 0 Å². The lowest BCUT2D eigenvalue weighted by molar-refractivity contribution is -0.120. The molecule has 1 amide bonds. The lowest BCUT2D eigenvalue weighted by Gasteiger charge is -2.31. The van der Waals surface area contributed by atoms with E-state index in [1.165, 1.54) is 7.11 Å².